The first-order valence-electron chi connectivity index (χ1n) is 9.46. The fraction of sp³-hybridized carbons (Fsp3) is 0.421. The fourth-order valence-electron chi connectivity index (χ4n) is 3.42. The quantitative estimate of drug-likeness (QED) is 0.603. The number of hydrogen-bond donors (Lipinski definition) is 0. The first-order chi connectivity index (χ1) is 13.9. The number of aromatic nitrogens is 3. The van der Waals surface area contributed by atoms with E-state index in [2.05, 4.69) is 15.3 Å². The Kier molecular flexibility index (Phi) is 4.21. The molecule has 0 amide bonds. The predicted octanol–water partition coefficient (Wildman–Crippen LogP) is 2.67. The molecule has 1 saturated carbocycles. The van der Waals surface area contributed by atoms with Crippen LogP contribution in [0.3, 0.4) is 0 Å². The molecule has 2 aliphatic rings. The molecular formula is C19H20N4O5S. The molecule has 3 heterocycles. The topological polar surface area (TPSA) is 112 Å². The summed E-state index contributed by atoms with van der Waals surface area (Å²) in [5, 5.41) is 7.79. The summed E-state index contributed by atoms with van der Waals surface area (Å²) in [5.74, 6) is 2.44. The Hall–Kier alpha value is -2.72. The van der Waals surface area contributed by atoms with E-state index in [4.69, 9.17) is 13.8 Å². The van der Waals surface area contributed by atoms with Crippen molar-refractivity contribution in [3.63, 3.8) is 0 Å². The van der Waals surface area contributed by atoms with Gasteiger partial charge in [0.25, 0.3) is 5.89 Å². The first-order valence-corrected chi connectivity index (χ1v) is 10.9. The van der Waals surface area contributed by atoms with Crippen LogP contribution in [0.1, 0.15) is 36.0 Å². The number of para-hydroxylation sites is 1. The van der Waals surface area contributed by atoms with Crippen molar-refractivity contribution in [3.05, 3.63) is 41.5 Å². The van der Waals surface area contributed by atoms with E-state index in [1.807, 2.05) is 24.3 Å². The lowest BCUT2D eigenvalue weighted by atomic mass is 10.2. The summed E-state index contributed by atoms with van der Waals surface area (Å²) in [4.78, 5) is 4.61. The summed E-state index contributed by atoms with van der Waals surface area (Å²) in [7, 11) is -3.65. The van der Waals surface area contributed by atoms with E-state index >= 15 is 0 Å². The van der Waals surface area contributed by atoms with E-state index in [9.17, 15) is 8.42 Å². The van der Waals surface area contributed by atoms with Crippen molar-refractivity contribution in [1.29, 1.82) is 0 Å². The Balaban J connectivity index is 1.31. The highest BCUT2D eigenvalue weighted by Crippen LogP contribution is 2.40. The second-order valence-corrected chi connectivity index (χ2v) is 9.32. The van der Waals surface area contributed by atoms with E-state index in [-0.39, 0.29) is 24.1 Å². The van der Waals surface area contributed by atoms with Gasteiger partial charge in [-0.2, -0.15) is 9.29 Å². The van der Waals surface area contributed by atoms with E-state index < -0.39 is 10.0 Å². The Morgan fingerprint density at radius 1 is 1.10 bits per heavy atom. The van der Waals surface area contributed by atoms with Crippen LogP contribution in [-0.4, -0.2) is 47.2 Å². The zero-order valence-corrected chi connectivity index (χ0v) is 16.8. The second kappa shape index (κ2) is 6.67. The highest BCUT2D eigenvalue weighted by molar-refractivity contribution is 7.89. The van der Waals surface area contributed by atoms with Gasteiger partial charge in [-0.3, -0.25) is 0 Å². The molecule has 0 unspecified atom stereocenters. The molecule has 0 radical (unpaired) electrons. The maximum absolute atomic E-state index is 12.8. The van der Waals surface area contributed by atoms with E-state index in [1.165, 1.54) is 4.31 Å². The first kappa shape index (κ1) is 18.3. The van der Waals surface area contributed by atoms with Gasteiger partial charge in [-0.15, -0.1) is 0 Å². The van der Waals surface area contributed by atoms with Crippen LogP contribution in [0.25, 0.3) is 11.5 Å². The van der Waals surface area contributed by atoms with Crippen molar-refractivity contribution >= 4 is 10.0 Å². The normalized spacial score (nSPS) is 18.0. The second-order valence-electron chi connectivity index (χ2n) is 7.44. The van der Waals surface area contributed by atoms with Gasteiger partial charge in [-0.05, 0) is 38.8 Å². The van der Waals surface area contributed by atoms with Crippen molar-refractivity contribution in [2.24, 2.45) is 0 Å². The average Bonchev–Trinajstić information content (AvgIpc) is 3.29. The van der Waals surface area contributed by atoms with Crippen molar-refractivity contribution in [2.45, 2.75) is 43.6 Å². The smallest absolute Gasteiger partial charge is 0.261 e. The minimum atomic E-state index is -3.65. The van der Waals surface area contributed by atoms with Gasteiger partial charge in [0.2, 0.25) is 10.0 Å². The molecule has 2 fully saturated rings. The number of aryl methyl sites for hydroxylation is 2. The zero-order chi connectivity index (χ0) is 20.2. The molecule has 1 aliphatic carbocycles. The molecule has 2 aromatic heterocycles. The van der Waals surface area contributed by atoms with E-state index in [0.717, 1.165) is 18.7 Å². The maximum Gasteiger partial charge on any atom is 0.261 e. The molecule has 0 N–H and O–H groups in total. The van der Waals surface area contributed by atoms with Crippen LogP contribution < -0.4 is 4.74 Å². The number of benzene rings is 1. The maximum atomic E-state index is 12.8. The molecule has 29 heavy (non-hydrogen) atoms. The van der Waals surface area contributed by atoms with Gasteiger partial charge < -0.3 is 13.8 Å². The molecule has 0 atom stereocenters. The molecule has 1 saturated heterocycles. The monoisotopic (exact) mass is 416 g/mol. The average molecular weight is 416 g/mol. The molecule has 152 valence electrons. The number of hydrogen-bond acceptors (Lipinski definition) is 8. The molecule has 0 bridgehead atoms. The van der Waals surface area contributed by atoms with Crippen LogP contribution in [0.4, 0.5) is 0 Å². The highest BCUT2D eigenvalue weighted by Gasteiger charge is 2.41. The molecule has 1 aliphatic heterocycles. The Morgan fingerprint density at radius 2 is 1.86 bits per heavy atom. The lowest BCUT2D eigenvalue weighted by Gasteiger charge is -2.37. The minimum absolute atomic E-state index is 0.134. The summed E-state index contributed by atoms with van der Waals surface area (Å²) >= 11 is 0. The third-order valence-corrected chi connectivity index (χ3v) is 7.25. The summed E-state index contributed by atoms with van der Waals surface area (Å²) < 4.78 is 43.5. The minimum Gasteiger partial charge on any atom is -0.487 e. The molecule has 1 aromatic carbocycles. The fourth-order valence-corrected chi connectivity index (χ4v) is 5.22. The predicted molar refractivity (Wildman–Crippen MR) is 101 cm³/mol. The van der Waals surface area contributed by atoms with Crippen LogP contribution in [0.5, 0.6) is 5.75 Å². The highest BCUT2D eigenvalue weighted by atomic mass is 32.2. The van der Waals surface area contributed by atoms with Crippen molar-refractivity contribution in [2.75, 3.05) is 13.1 Å². The summed E-state index contributed by atoms with van der Waals surface area (Å²) in [6, 6.07) is 7.41. The van der Waals surface area contributed by atoms with E-state index in [0.29, 0.717) is 34.6 Å². The third-order valence-electron chi connectivity index (χ3n) is 5.18. The molecule has 9 nitrogen and oxygen atoms in total. The summed E-state index contributed by atoms with van der Waals surface area (Å²) in [5.41, 5.74) is 1.07. The van der Waals surface area contributed by atoms with Crippen molar-refractivity contribution in [3.8, 4) is 17.2 Å². The van der Waals surface area contributed by atoms with Crippen molar-refractivity contribution < 1.29 is 22.2 Å². The van der Waals surface area contributed by atoms with Gasteiger partial charge in [0.1, 0.15) is 22.4 Å². The summed E-state index contributed by atoms with van der Waals surface area (Å²) in [6.07, 6.45) is 1.92. The molecule has 3 aromatic rings. The van der Waals surface area contributed by atoms with E-state index in [1.54, 1.807) is 13.8 Å². The zero-order valence-electron chi connectivity index (χ0n) is 16.0. The van der Waals surface area contributed by atoms with Crippen LogP contribution in [0.2, 0.25) is 0 Å². The van der Waals surface area contributed by atoms with Gasteiger partial charge in [0.15, 0.2) is 11.6 Å². The lowest BCUT2D eigenvalue weighted by molar-refractivity contribution is 0.0764. The molecule has 5 rings (SSSR count). The van der Waals surface area contributed by atoms with Gasteiger partial charge in [-0.25, -0.2) is 8.42 Å². The largest absolute Gasteiger partial charge is 0.487 e. The number of nitrogens with zero attached hydrogens (tertiary/aromatic N) is 4. The molecular weight excluding hydrogens is 396 g/mol. The number of sulfonamides is 1. The van der Waals surface area contributed by atoms with Gasteiger partial charge in [0.05, 0.1) is 18.7 Å². The number of rotatable bonds is 6. The van der Waals surface area contributed by atoms with Gasteiger partial charge in [0, 0.05) is 5.92 Å². The Labute approximate surface area is 167 Å². The standard InChI is InChI=1S/C19H20N4O5S/c1-11-17(12(2)27-21-11)29(24,25)23-9-14(10-23)26-16-6-4-3-5-15(16)19-20-18(22-28-19)13-7-8-13/h3-6,13-14H,7-10H2,1-2H3. The SMILES string of the molecule is Cc1noc(C)c1S(=O)(=O)N1CC(Oc2ccccc2-c2nc(C3CC3)no2)C1. The van der Waals surface area contributed by atoms with Gasteiger partial charge in [-0.1, -0.05) is 22.4 Å². The Morgan fingerprint density at radius 3 is 2.55 bits per heavy atom. The van der Waals surface area contributed by atoms with Gasteiger partial charge >= 0.3 is 0 Å². The summed E-state index contributed by atoms with van der Waals surface area (Å²) in [6.45, 7) is 3.71. The third kappa shape index (κ3) is 3.22. The van der Waals surface area contributed by atoms with Crippen molar-refractivity contribution in [1.82, 2.24) is 19.6 Å². The number of ether oxygens (including phenoxy) is 1. The van der Waals surface area contributed by atoms with Crippen LogP contribution in [0, 0.1) is 13.8 Å². The molecule has 0 spiro atoms. The van der Waals surface area contributed by atoms with Crippen LogP contribution >= 0.6 is 0 Å². The molecule has 10 heteroatoms. The Bertz CT molecular complexity index is 1140. The van der Waals surface area contributed by atoms with Crippen LogP contribution in [0.15, 0.2) is 38.2 Å². The lowest BCUT2D eigenvalue weighted by Crippen LogP contribution is -2.56. The van der Waals surface area contributed by atoms with Crippen LogP contribution in [-0.2, 0) is 10.0 Å².